The lowest BCUT2D eigenvalue weighted by Crippen LogP contribution is -2.57. The van der Waals surface area contributed by atoms with Crippen molar-refractivity contribution in [3.05, 3.63) is 42.0 Å². The number of aliphatic hydroxyl groups is 1. The zero-order valence-corrected chi connectivity index (χ0v) is 15.0. The van der Waals surface area contributed by atoms with E-state index in [1.165, 1.54) is 6.20 Å². The third kappa shape index (κ3) is 3.57. The third-order valence-corrected chi connectivity index (χ3v) is 4.95. The first-order chi connectivity index (χ1) is 13.1. The number of carbonyl (C=O) groups excluding carboxylic acids is 1. The average molecular weight is 393 g/mol. The molecule has 2 aromatic rings. The molecule has 0 aromatic carbocycles. The minimum atomic E-state index is -5.03. The van der Waals surface area contributed by atoms with E-state index in [0.29, 0.717) is 25.5 Å². The first-order valence-corrected chi connectivity index (χ1v) is 8.64. The summed E-state index contributed by atoms with van der Waals surface area (Å²) in [5.74, 6) is -1.35. The summed E-state index contributed by atoms with van der Waals surface area (Å²) in [5, 5.41) is 22.7. The van der Waals surface area contributed by atoms with Gasteiger partial charge in [0.2, 0.25) is 5.60 Å². The number of hydrogen-bond donors (Lipinski definition) is 1. The van der Waals surface area contributed by atoms with Crippen LogP contribution in [0.4, 0.5) is 13.2 Å². The highest BCUT2D eigenvalue weighted by atomic mass is 19.4. The van der Waals surface area contributed by atoms with Gasteiger partial charge in [0.1, 0.15) is 11.8 Å². The molecule has 2 aromatic heterocycles. The fraction of sp³-hybridized carbons (Fsp3) is 0.444. The summed E-state index contributed by atoms with van der Waals surface area (Å²) in [6.07, 6.45) is -1.01. The van der Waals surface area contributed by atoms with Crippen molar-refractivity contribution in [3.63, 3.8) is 0 Å². The molecule has 7 nitrogen and oxygen atoms in total. The summed E-state index contributed by atoms with van der Waals surface area (Å²) in [6, 6.07) is 7.03. The maximum Gasteiger partial charge on any atom is 0.426 e. The quantitative estimate of drug-likeness (QED) is 0.862. The molecule has 1 amide bonds. The molecule has 1 atom stereocenters. The Morgan fingerprint density at radius 3 is 2.50 bits per heavy atom. The lowest BCUT2D eigenvalue weighted by Gasteiger charge is -2.36. The number of aromatic nitrogens is 3. The number of amides is 1. The Kier molecular flexibility index (Phi) is 5.12. The van der Waals surface area contributed by atoms with Crippen LogP contribution in [0.25, 0.3) is 5.69 Å². The van der Waals surface area contributed by atoms with Gasteiger partial charge >= 0.3 is 6.18 Å². The molecule has 3 heterocycles. The van der Waals surface area contributed by atoms with Gasteiger partial charge in [0.25, 0.3) is 5.91 Å². The van der Waals surface area contributed by atoms with Gasteiger partial charge in [0, 0.05) is 30.9 Å². The van der Waals surface area contributed by atoms with Crippen LogP contribution in [0.2, 0.25) is 0 Å². The van der Waals surface area contributed by atoms with Gasteiger partial charge in [-0.25, -0.2) is 9.67 Å². The first kappa shape index (κ1) is 19.8. The van der Waals surface area contributed by atoms with Crippen LogP contribution in [-0.4, -0.2) is 55.5 Å². The van der Waals surface area contributed by atoms with Crippen LogP contribution >= 0.6 is 0 Å². The Morgan fingerprint density at radius 2 is 1.96 bits per heavy atom. The van der Waals surface area contributed by atoms with Gasteiger partial charge in [-0.15, -0.1) is 0 Å². The van der Waals surface area contributed by atoms with Crippen LogP contribution in [0.1, 0.15) is 37.1 Å². The highest BCUT2D eigenvalue weighted by Gasteiger charge is 2.57. The second kappa shape index (κ2) is 7.24. The van der Waals surface area contributed by atoms with Gasteiger partial charge in [-0.3, -0.25) is 4.79 Å². The summed E-state index contributed by atoms with van der Waals surface area (Å²) in [7, 11) is 0. The van der Waals surface area contributed by atoms with Crippen molar-refractivity contribution < 1.29 is 23.1 Å². The molecule has 1 saturated heterocycles. The molecule has 0 radical (unpaired) electrons. The fourth-order valence-corrected chi connectivity index (χ4v) is 3.22. The SMILES string of the molecule is CC(O)(C(=O)N1CCC(c2ccnn2-c2ccc(C#N)nc2)CC1)C(F)(F)F. The number of nitrogens with zero attached hydrogens (tertiary/aromatic N) is 5. The van der Waals surface area contributed by atoms with Gasteiger partial charge in [-0.1, -0.05) is 0 Å². The number of carbonyl (C=O) groups is 1. The van der Waals surface area contributed by atoms with Gasteiger partial charge in [0.15, 0.2) is 0 Å². The molecule has 1 unspecified atom stereocenters. The molecule has 3 rings (SSSR count). The van der Waals surface area contributed by atoms with Crippen LogP contribution in [0, 0.1) is 11.3 Å². The second-order valence-corrected chi connectivity index (χ2v) is 6.82. The van der Waals surface area contributed by atoms with E-state index in [1.54, 1.807) is 23.0 Å². The number of rotatable bonds is 3. The van der Waals surface area contributed by atoms with Gasteiger partial charge in [0.05, 0.1) is 11.9 Å². The van der Waals surface area contributed by atoms with Crippen molar-refractivity contribution in [1.29, 1.82) is 5.26 Å². The summed E-state index contributed by atoms with van der Waals surface area (Å²) in [4.78, 5) is 17.2. The second-order valence-electron chi connectivity index (χ2n) is 6.82. The average Bonchev–Trinajstić information content (AvgIpc) is 3.16. The van der Waals surface area contributed by atoms with Crippen molar-refractivity contribution in [3.8, 4) is 11.8 Å². The molecule has 0 spiro atoms. The van der Waals surface area contributed by atoms with Gasteiger partial charge < -0.3 is 10.0 Å². The lowest BCUT2D eigenvalue weighted by molar-refractivity contribution is -0.250. The Morgan fingerprint density at radius 1 is 1.29 bits per heavy atom. The molecular weight excluding hydrogens is 375 g/mol. The van der Waals surface area contributed by atoms with E-state index < -0.39 is 17.7 Å². The van der Waals surface area contributed by atoms with Crippen molar-refractivity contribution in [1.82, 2.24) is 19.7 Å². The van der Waals surface area contributed by atoms with Crippen molar-refractivity contribution >= 4 is 5.91 Å². The normalized spacial score (nSPS) is 17.8. The van der Waals surface area contributed by atoms with E-state index in [-0.39, 0.29) is 24.7 Å². The van der Waals surface area contributed by atoms with E-state index >= 15 is 0 Å². The highest BCUT2D eigenvalue weighted by molar-refractivity contribution is 5.85. The monoisotopic (exact) mass is 393 g/mol. The molecule has 0 saturated carbocycles. The predicted molar refractivity (Wildman–Crippen MR) is 91.3 cm³/mol. The standard InChI is InChI=1S/C18H18F3N5O2/c1-17(28,18(19,20)21)16(27)25-8-5-12(6-9-25)15-4-7-24-26(15)14-3-2-13(10-22)23-11-14/h2-4,7,11-12,28H,5-6,8-9H2,1H3. The van der Waals surface area contributed by atoms with Crippen LogP contribution in [-0.2, 0) is 4.79 Å². The Labute approximate surface area is 159 Å². The van der Waals surface area contributed by atoms with Gasteiger partial charge in [-0.05, 0) is 38.0 Å². The Hall–Kier alpha value is -2.93. The van der Waals surface area contributed by atoms with E-state index in [2.05, 4.69) is 10.1 Å². The third-order valence-electron chi connectivity index (χ3n) is 4.95. The number of pyridine rings is 1. The molecule has 1 aliphatic rings. The number of piperidine rings is 1. The molecule has 148 valence electrons. The van der Waals surface area contributed by atoms with Crippen molar-refractivity contribution in [2.75, 3.05) is 13.1 Å². The number of alkyl halides is 3. The van der Waals surface area contributed by atoms with Crippen LogP contribution in [0.15, 0.2) is 30.6 Å². The zero-order chi connectivity index (χ0) is 20.5. The van der Waals surface area contributed by atoms with E-state index in [1.807, 2.05) is 12.1 Å². The zero-order valence-electron chi connectivity index (χ0n) is 15.0. The first-order valence-electron chi connectivity index (χ1n) is 8.64. The molecular formula is C18H18F3N5O2. The summed E-state index contributed by atoms with van der Waals surface area (Å²) in [5.41, 5.74) is -1.60. The minimum absolute atomic E-state index is 0.0157. The molecule has 1 aliphatic heterocycles. The Balaban J connectivity index is 1.72. The Bertz CT molecular complexity index is 891. The summed E-state index contributed by atoms with van der Waals surface area (Å²) in [6.45, 7) is 0.688. The topological polar surface area (TPSA) is 95.0 Å². The molecule has 0 aliphatic carbocycles. The number of nitriles is 1. The fourth-order valence-electron chi connectivity index (χ4n) is 3.22. The molecule has 1 N–H and O–H groups in total. The summed E-state index contributed by atoms with van der Waals surface area (Å²) < 4.78 is 40.4. The highest BCUT2D eigenvalue weighted by Crippen LogP contribution is 2.34. The molecule has 10 heteroatoms. The number of likely N-dealkylation sites (tertiary alicyclic amines) is 1. The van der Waals surface area contributed by atoms with Crippen LogP contribution in [0.5, 0.6) is 0 Å². The predicted octanol–water partition coefficient (Wildman–Crippen LogP) is 2.16. The maximum absolute atomic E-state index is 12.9. The number of hydrogen-bond acceptors (Lipinski definition) is 5. The van der Waals surface area contributed by atoms with Crippen molar-refractivity contribution in [2.45, 2.75) is 37.5 Å². The van der Waals surface area contributed by atoms with E-state index in [4.69, 9.17) is 5.26 Å². The molecule has 1 fully saturated rings. The van der Waals surface area contributed by atoms with Crippen LogP contribution in [0.3, 0.4) is 0 Å². The summed E-state index contributed by atoms with van der Waals surface area (Å²) >= 11 is 0. The smallest absolute Gasteiger partial charge is 0.373 e. The van der Waals surface area contributed by atoms with Crippen LogP contribution < -0.4 is 0 Å². The van der Waals surface area contributed by atoms with Gasteiger partial charge in [-0.2, -0.15) is 23.5 Å². The molecule has 0 bridgehead atoms. The molecule has 28 heavy (non-hydrogen) atoms. The minimum Gasteiger partial charge on any atom is -0.373 e. The number of halogens is 3. The maximum atomic E-state index is 12.9. The van der Waals surface area contributed by atoms with Crippen molar-refractivity contribution in [2.24, 2.45) is 0 Å². The largest absolute Gasteiger partial charge is 0.426 e. The lowest BCUT2D eigenvalue weighted by atomic mass is 9.92. The van der Waals surface area contributed by atoms with E-state index in [9.17, 15) is 23.1 Å². The van der Waals surface area contributed by atoms with E-state index in [0.717, 1.165) is 10.6 Å².